The van der Waals surface area contributed by atoms with Crippen molar-refractivity contribution in [3.8, 4) is 0 Å². The van der Waals surface area contributed by atoms with Crippen LogP contribution in [0.3, 0.4) is 0 Å². The van der Waals surface area contributed by atoms with Gasteiger partial charge in [-0.25, -0.2) is 8.42 Å². The fraction of sp³-hybridized carbons (Fsp3) is 0.379. The number of aliphatic hydroxyl groups is 4. The molecule has 5 aromatic carbocycles. The molecule has 0 radical (unpaired) electrons. The Bertz CT molecular complexity index is 3490. The molecular weight excluding hydrogens is 1300 g/mol. The van der Waals surface area contributed by atoms with E-state index in [0.29, 0.717) is 26.3 Å². The van der Waals surface area contributed by atoms with Gasteiger partial charge in [-0.05, 0) is 120 Å². The lowest BCUT2D eigenvalue weighted by Crippen LogP contribution is -2.31. The third-order valence-electron chi connectivity index (χ3n) is 12.7. The minimum absolute atomic E-state index is 0.0618. The van der Waals surface area contributed by atoms with E-state index in [0.717, 1.165) is 47.5 Å². The van der Waals surface area contributed by atoms with Crippen LogP contribution >= 0.6 is 58.5 Å². The van der Waals surface area contributed by atoms with Crippen LogP contribution in [0.15, 0.2) is 163 Å². The number of aryl methyl sites for hydroxylation is 2. The number of halogens is 4. The number of aliphatic hydroxyl groups excluding tert-OH is 4. The van der Waals surface area contributed by atoms with Gasteiger partial charge in [0, 0.05) is 95.0 Å². The van der Waals surface area contributed by atoms with Crippen LogP contribution in [-0.2, 0) is 66.7 Å². The van der Waals surface area contributed by atoms with Crippen molar-refractivity contribution in [3.63, 3.8) is 0 Å². The molecule has 2 aliphatic heterocycles. The van der Waals surface area contributed by atoms with E-state index in [1.807, 2.05) is 97.8 Å². The van der Waals surface area contributed by atoms with Crippen molar-refractivity contribution in [3.05, 3.63) is 164 Å². The first-order chi connectivity index (χ1) is 38.4. The summed E-state index contributed by atoms with van der Waals surface area (Å²) in [6.07, 6.45) is 4.64. The monoisotopic (exact) mass is 1370 g/mol. The SMILES string of the molecule is CC1(C)O[C@@H](CO)[C@H](CO)O1.CC1(C)O[C@@H](CO)[C@H](COCCn2ccc3c(Br)cccc32)O1.Cc1ccc(S(=O)(=O)Cl)cc1.Cc1ccc(S(=O)(=O)OCCn2ccc3c(Br)cccc32)cc1.OCCn1ccc2c(Br)cccc21. The van der Waals surface area contributed by atoms with Gasteiger partial charge in [0.2, 0.25) is 0 Å². The number of nitrogens with zero attached hydrogens (tertiary/aromatic N) is 3. The molecule has 4 N–H and O–H groups in total. The number of rotatable bonds is 16. The summed E-state index contributed by atoms with van der Waals surface area (Å²) in [6, 6.07) is 37.3. The van der Waals surface area contributed by atoms with E-state index in [1.165, 1.54) is 28.4 Å². The number of fused-ring (bicyclic) bond motifs is 3. The molecule has 3 aromatic heterocycles. The zero-order valence-corrected chi connectivity index (χ0v) is 52.8. The highest BCUT2D eigenvalue weighted by atomic mass is 79.9. The van der Waals surface area contributed by atoms with E-state index in [1.54, 1.807) is 50.2 Å². The Morgan fingerprint density at radius 1 is 0.506 bits per heavy atom. The summed E-state index contributed by atoms with van der Waals surface area (Å²) in [7, 11) is -2.18. The second-order valence-corrected chi connectivity index (χ2v) is 26.4. The number of benzene rings is 5. The van der Waals surface area contributed by atoms with Gasteiger partial charge in [0.25, 0.3) is 19.2 Å². The summed E-state index contributed by atoms with van der Waals surface area (Å²) in [5.41, 5.74) is 5.39. The van der Waals surface area contributed by atoms with Gasteiger partial charge in [-0.1, -0.05) is 101 Å². The quantitative estimate of drug-likeness (QED) is 0.0402. The molecule has 0 amide bonds. The molecule has 0 aliphatic carbocycles. The number of hydrogen-bond donors (Lipinski definition) is 4. The van der Waals surface area contributed by atoms with E-state index in [4.69, 9.17) is 53.9 Å². The molecule has 2 fully saturated rings. The van der Waals surface area contributed by atoms with E-state index >= 15 is 0 Å². The second kappa shape index (κ2) is 30.2. The van der Waals surface area contributed by atoms with Crippen LogP contribution in [0.25, 0.3) is 32.7 Å². The molecule has 2 saturated heterocycles. The zero-order valence-electron chi connectivity index (χ0n) is 45.7. The van der Waals surface area contributed by atoms with Crippen molar-refractivity contribution in [1.82, 2.24) is 13.7 Å². The third-order valence-corrected chi connectivity index (χ3v) is 17.4. The first-order valence-electron chi connectivity index (χ1n) is 25.8. The predicted molar refractivity (Wildman–Crippen MR) is 324 cm³/mol. The Morgan fingerprint density at radius 3 is 1.25 bits per heavy atom. The summed E-state index contributed by atoms with van der Waals surface area (Å²) in [4.78, 5) is 0.327. The lowest BCUT2D eigenvalue weighted by atomic mass is 10.2. The maximum absolute atomic E-state index is 12.2. The molecule has 81 heavy (non-hydrogen) atoms. The van der Waals surface area contributed by atoms with E-state index in [-0.39, 0.29) is 55.0 Å². The molecule has 23 heteroatoms. The number of ether oxygens (including phenoxy) is 5. The minimum atomic E-state index is -3.71. The van der Waals surface area contributed by atoms with Crippen molar-refractivity contribution >= 4 is 110 Å². The largest absolute Gasteiger partial charge is 0.395 e. The molecule has 2 aliphatic rings. The van der Waals surface area contributed by atoms with Crippen molar-refractivity contribution in [2.45, 2.75) is 107 Å². The molecule has 10 rings (SSSR count). The zero-order chi connectivity index (χ0) is 59.1. The molecule has 0 saturated carbocycles. The molecule has 440 valence electrons. The maximum Gasteiger partial charge on any atom is 0.297 e. The lowest BCUT2D eigenvalue weighted by molar-refractivity contribution is -0.153. The fourth-order valence-electron chi connectivity index (χ4n) is 8.76. The van der Waals surface area contributed by atoms with Crippen molar-refractivity contribution in [2.24, 2.45) is 0 Å². The smallest absolute Gasteiger partial charge is 0.297 e. The van der Waals surface area contributed by atoms with Crippen LogP contribution in [0.4, 0.5) is 0 Å². The Kier molecular flexibility index (Phi) is 24.6. The van der Waals surface area contributed by atoms with E-state index in [2.05, 4.69) is 82.8 Å². The van der Waals surface area contributed by atoms with Crippen molar-refractivity contribution in [1.29, 1.82) is 0 Å². The number of aromatic nitrogens is 3. The molecule has 5 heterocycles. The van der Waals surface area contributed by atoms with Crippen LogP contribution < -0.4 is 0 Å². The van der Waals surface area contributed by atoms with Gasteiger partial charge in [0.05, 0.1) is 56.0 Å². The van der Waals surface area contributed by atoms with Crippen LogP contribution in [0.5, 0.6) is 0 Å². The summed E-state index contributed by atoms with van der Waals surface area (Å²) in [6.45, 7) is 13.8. The summed E-state index contributed by atoms with van der Waals surface area (Å²) in [5, 5.41) is 39.2. The second-order valence-electron chi connectivity index (χ2n) is 19.7. The Hall–Kier alpha value is -4.05. The Labute approximate surface area is 503 Å². The minimum Gasteiger partial charge on any atom is -0.395 e. The fourth-order valence-corrected chi connectivity index (χ4v) is 11.9. The first kappa shape index (κ1) is 66.1. The summed E-state index contributed by atoms with van der Waals surface area (Å²) >= 11 is 10.6. The summed E-state index contributed by atoms with van der Waals surface area (Å²) in [5.74, 6) is -1.34. The number of hydrogen-bond acceptors (Lipinski definition) is 14. The topological polar surface area (TPSA) is 219 Å². The highest BCUT2D eigenvalue weighted by molar-refractivity contribution is 9.11. The van der Waals surface area contributed by atoms with Gasteiger partial charge in [-0.2, -0.15) is 8.42 Å². The average Bonchev–Trinajstić information content (AvgIpc) is 4.37. The van der Waals surface area contributed by atoms with Crippen LogP contribution in [0.1, 0.15) is 38.8 Å². The molecule has 17 nitrogen and oxygen atoms in total. The molecule has 0 unspecified atom stereocenters. The van der Waals surface area contributed by atoms with Crippen LogP contribution in [-0.4, -0.2) is 133 Å². The standard InChI is InChI=1S/C17H22BrNO4.C17H16BrNO3S.C10H10BrNO.C7H7ClO2S.C7H14O4/c1-17(2)22-15(10-20)16(23-17)11-21-9-8-19-7-6-12-13(18)4-3-5-14(12)19;1-13-5-7-14(8-6-13)23(20,21)22-12-11-19-10-9-15-16(18)3-2-4-17(15)19;11-9-2-1-3-10-8(9)4-5-12(10)6-7-13;1-6-2-4-7(5-3-6)11(8,9)10;1-7(2)10-5(3-8)6(4-9)11-7/h3-7,15-16,20H,8-11H2,1-2H3;2-10H,11-12H2,1H3;1-5,13H,6-7H2;2-5H,1H3;5-6,8-9H,3-4H2,1-2H3/t15-,16-;;;;5-,6-/m0...0/s1. The van der Waals surface area contributed by atoms with Gasteiger partial charge in [-0.15, -0.1) is 0 Å². The Morgan fingerprint density at radius 2 is 0.864 bits per heavy atom. The third kappa shape index (κ3) is 19.0. The van der Waals surface area contributed by atoms with Gasteiger partial charge in [0.15, 0.2) is 11.6 Å². The predicted octanol–water partition coefficient (Wildman–Crippen LogP) is 10.9. The van der Waals surface area contributed by atoms with Gasteiger partial charge in [0.1, 0.15) is 24.4 Å². The first-order valence-corrected chi connectivity index (χ1v) is 31.9. The molecular formula is C58H69Br3ClN3O14S2. The van der Waals surface area contributed by atoms with Gasteiger partial charge >= 0.3 is 0 Å². The highest BCUT2D eigenvalue weighted by Crippen LogP contribution is 2.30. The molecule has 4 atom stereocenters. The van der Waals surface area contributed by atoms with Crippen LogP contribution in [0.2, 0.25) is 0 Å². The lowest BCUT2D eigenvalue weighted by Gasteiger charge is -2.17. The van der Waals surface area contributed by atoms with Gasteiger partial charge < -0.3 is 57.8 Å². The summed E-state index contributed by atoms with van der Waals surface area (Å²) < 4.78 is 87.9. The Balaban J connectivity index is 0.000000170. The normalized spacial score (nSPS) is 18.3. The van der Waals surface area contributed by atoms with E-state index in [9.17, 15) is 21.9 Å². The molecule has 0 spiro atoms. The average molecular weight is 1370 g/mol. The van der Waals surface area contributed by atoms with Crippen molar-refractivity contribution < 1.29 is 65.1 Å². The molecule has 8 aromatic rings. The van der Waals surface area contributed by atoms with Gasteiger partial charge in [-0.3, -0.25) is 4.18 Å². The van der Waals surface area contributed by atoms with Crippen molar-refractivity contribution in [2.75, 3.05) is 46.2 Å². The van der Waals surface area contributed by atoms with Crippen LogP contribution in [0, 0.1) is 13.8 Å². The maximum atomic E-state index is 12.2. The molecule has 0 bridgehead atoms. The highest BCUT2D eigenvalue weighted by Gasteiger charge is 2.41. The van der Waals surface area contributed by atoms with E-state index < -0.39 is 43.0 Å².